The Kier molecular flexibility index (Phi) is 4.01. The van der Waals surface area contributed by atoms with Crippen molar-refractivity contribution in [3.05, 3.63) is 71.8 Å². The lowest BCUT2D eigenvalue weighted by molar-refractivity contribution is 0.0525. The maximum absolute atomic E-state index is 12.5. The molecule has 0 fully saturated rings. The Balaban J connectivity index is 1.48. The lowest BCUT2D eigenvalue weighted by atomic mass is 9.95. The quantitative estimate of drug-likeness (QED) is 0.759. The summed E-state index contributed by atoms with van der Waals surface area (Å²) in [6.07, 6.45) is 0. The summed E-state index contributed by atoms with van der Waals surface area (Å²) in [5, 5.41) is 15.7. The molecule has 1 amide bonds. The monoisotopic (exact) mass is 349 g/mol. The van der Waals surface area contributed by atoms with E-state index in [2.05, 4.69) is 5.32 Å². The highest BCUT2D eigenvalue weighted by Gasteiger charge is 2.26. The number of aliphatic hydroxyl groups is 1. The molecule has 0 radical (unpaired) electrons. The zero-order valence-electron chi connectivity index (χ0n) is 14.4. The smallest absolute Gasteiger partial charge is 0.251 e. The minimum Gasteiger partial charge on any atom is -0.454 e. The Labute approximate surface area is 151 Å². The second kappa shape index (κ2) is 6.35. The first kappa shape index (κ1) is 16.4. The predicted molar refractivity (Wildman–Crippen MR) is 98.4 cm³/mol. The number of rotatable bonds is 4. The molecule has 0 bridgehead atoms. The molecular formula is C21H19NO4. The molecule has 2 N–H and O–H groups in total. The molecule has 1 unspecified atom stereocenters. The molecule has 3 aromatic carbocycles. The number of fused-ring (bicyclic) bond motifs is 2. The second-order valence-electron chi connectivity index (χ2n) is 6.59. The molecule has 4 rings (SSSR count). The van der Waals surface area contributed by atoms with E-state index in [-0.39, 0.29) is 19.2 Å². The molecule has 5 heteroatoms. The first-order chi connectivity index (χ1) is 12.5. The molecule has 1 atom stereocenters. The zero-order valence-corrected chi connectivity index (χ0v) is 14.4. The van der Waals surface area contributed by atoms with Gasteiger partial charge in [-0.2, -0.15) is 0 Å². The van der Waals surface area contributed by atoms with Gasteiger partial charge in [-0.15, -0.1) is 0 Å². The maximum atomic E-state index is 12.5. The van der Waals surface area contributed by atoms with Crippen LogP contribution < -0.4 is 14.8 Å². The summed E-state index contributed by atoms with van der Waals surface area (Å²) in [5.74, 6) is 1.03. The van der Waals surface area contributed by atoms with E-state index in [9.17, 15) is 9.90 Å². The molecule has 0 spiro atoms. The van der Waals surface area contributed by atoms with Crippen molar-refractivity contribution in [2.45, 2.75) is 12.5 Å². The number of carbonyl (C=O) groups is 1. The fourth-order valence-electron chi connectivity index (χ4n) is 3.02. The third-order valence-corrected chi connectivity index (χ3v) is 4.60. The second-order valence-corrected chi connectivity index (χ2v) is 6.59. The van der Waals surface area contributed by atoms with Crippen molar-refractivity contribution < 1.29 is 19.4 Å². The van der Waals surface area contributed by atoms with E-state index >= 15 is 0 Å². The summed E-state index contributed by atoms with van der Waals surface area (Å²) in [7, 11) is 0. The number of hydrogen-bond acceptors (Lipinski definition) is 4. The third-order valence-electron chi connectivity index (χ3n) is 4.60. The van der Waals surface area contributed by atoms with Crippen molar-refractivity contribution in [2.75, 3.05) is 13.3 Å². The van der Waals surface area contributed by atoms with Crippen LogP contribution >= 0.6 is 0 Å². The summed E-state index contributed by atoms with van der Waals surface area (Å²) < 4.78 is 10.6. The summed E-state index contributed by atoms with van der Waals surface area (Å²) in [4.78, 5) is 12.5. The van der Waals surface area contributed by atoms with Crippen molar-refractivity contribution >= 4 is 16.7 Å². The van der Waals surface area contributed by atoms with Gasteiger partial charge < -0.3 is 19.9 Å². The van der Waals surface area contributed by atoms with Crippen LogP contribution in [-0.4, -0.2) is 24.4 Å². The normalized spacial score (nSPS) is 14.8. The first-order valence-electron chi connectivity index (χ1n) is 8.42. The maximum Gasteiger partial charge on any atom is 0.251 e. The van der Waals surface area contributed by atoms with Crippen molar-refractivity contribution in [1.29, 1.82) is 0 Å². The summed E-state index contributed by atoms with van der Waals surface area (Å²) in [6.45, 7) is 1.92. The van der Waals surface area contributed by atoms with Gasteiger partial charge in [-0.3, -0.25) is 4.79 Å². The van der Waals surface area contributed by atoms with Crippen LogP contribution in [-0.2, 0) is 5.60 Å². The van der Waals surface area contributed by atoms with Gasteiger partial charge in [0.25, 0.3) is 5.91 Å². The number of benzene rings is 3. The van der Waals surface area contributed by atoms with Crippen LogP contribution in [0.3, 0.4) is 0 Å². The summed E-state index contributed by atoms with van der Waals surface area (Å²) in [5.41, 5.74) is -0.0150. The van der Waals surface area contributed by atoms with Gasteiger partial charge in [0.15, 0.2) is 11.5 Å². The van der Waals surface area contributed by atoms with E-state index in [0.29, 0.717) is 22.6 Å². The number of carbonyl (C=O) groups excluding carboxylic acids is 1. The number of nitrogens with one attached hydrogen (secondary N) is 1. The van der Waals surface area contributed by atoms with Gasteiger partial charge in [-0.25, -0.2) is 0 Å². The van der Waals surface area contributed by atoms with Crippen molar-refractivity contribution in [2.24, 2.45) is 0 Å². The van der Waals surface area contributed by atoms with Gasteiger partial charge in [0.05, 0.1) is 6.54 Å². The fourth-order valence-corrected chi connectivity index (χ4v) is 3.02. The molecule has 5 nitrogen and oxygen atoms in total. The van der Waals surface area contributed by atoms with Gasteiger partial charge in [0.1, 0.15) is 5.60 Å². The lowest BCUT2D eigenvalue weighted by Gasteiger charge is -2.24. The highest BCUT2D eigenvalue weighted by Crippen LogP contribution is 2.35. The van der Waals surface area contributed by atoms with E-state index in [1.54, 1.807) is 31.2 Å². The van der Waals surface area contributed by atoms with Crippen LogP contribution in [0.1, 0.15) is 22.8 Å². The van der Waals surface area contributed by atoms with Crippen molar-refractivity contribution in [3.63, 3.8) is 0 Å². The minimum absolute atomic E-state index is 0.0817. The molecule has 3 aromatic rings. The van der Waals surface area contributed by atoms with Crippen molar-refractivity contribution in [1.82, 2.24) is 5.32 Å². The van der Waals surface area contributed by atoms with Crippen LogP contribution in [0.25, 0.3) is 10.8 Å². The average Bonchev–Trinajstić information content (AvgIpc) is 3.13. The van der Waals surface area contributed by atoms with Crippen LogP contribution in [0, 0.1) is 0 Å². The van der Waals surface area contributed by atoms with E-state index < -0.39 is 5.60 Å². The predicted octanol–water partition coefficient (Wildman–Crippen LogP) is 3.21. The van der Waals surface area contributed by atoms with Crippen LogP contribution in [0.5, 0.6) is 11.5 Å². The number of hydrogen-bond donors (Lipinski definition) is 2. The van der Waals surface area contributed by atoms with Gasteiger partial charge in [-0.1, -0.05) is 36.4 Å². The van der Waals surface area contributed by atoms with E-state index in [0.717, 1.165) is 10.8 Å². The summed E-state index contributed by atoms with van der Waals surface area (Å²) in [6, 6.07) is 18.7. The van der Waals surface area contributed by atoms with E-state index in [1.165, 1.54) is 0 Å². The Morgan fingerprint density at radius 1 is 1.04 bits per heavy atom. The Hall–Kier alpha value is -3.05. The molecular weight excluding hydrogens is 330 g/mol. The van der Waals surface area contributed by atoms with Crippen LogP contribution in [0.2, 0.25) is 0 Å². The number of ether oxygens (including phenoxy) is 2. The van der Waals surface area contributed by atoms with Gasteiger partial charge >= 0.3 is 0 Å². The highest BCUT2D eigenvalue weighted by molar-refractivity contribution is 5.98. The molecule has 1 heterocycles. The van der Waals surface area contributed by atoms with Crippen LogP contribution in [0.4, 0.5) is 0 Å². The van der Waals surface area contributed by atoms with Gasteiger partial charge in [0.2, 0.25) is 6.79 Å². The largest absolute Gasteiger partial charge is 0.454 e. The zero-order chi connectivity index (χ0) is 18.1. The molecule has 26 heavy (non-hydrogen) atoms. The third kappa shape index (κ3) is 3.09. The Morgan fingerprint density at radius 3 is 2.65 bits per heavy atom. The standard InChI is InChI=1S/C21H19NO4/c1-21(24,17-8-9-18-19(11-17)26-13-25-18)12-22-20(23)16-7-6-14-4-2-3-5-15(14)10-16/h2-11,24H,12-13H2,1H3,(H,22,23). The molecule has 0 aliphatic carbocycles. The lowest BCUT2D eigenvalue weighted by Crippen LogP contribution is -2.38. The van der Waals surface area contributed by atoms with Crippen molar-refractivity contribution in [3.8, 4) is 11.5 Å². The SMILES string of the molecule is CC(O)(CNC(=O)c1ccc2ccccc2c1)c1ccc2c(c1)OCO2. The Morgan fingerprint density at radius 2 is 1.81 bits per heavy atom. The van der Waals surface area contributed by atoms with Crippen LogP contribution in [0.15, 0.2) is 60.7 Å². The molecule has 0 saturated heterocycles. The molecule has 1 aliphatic heterocycles. The fraction of sp³-hybridized carbons (Fsp3) is 0.190. The topological polar surface area (TPSA) is 67.8 Å². The van der Waals surface area contributed by atoms with E-state index in [4.69, 9.17) is 9.47 Å². The first-order valence-corrected chi connectivity index (χ1v) is 8.42. The Bertz CT molecular complexity index is 981. The average molecular weight is 349 g/mol. The summed E-state index contributed by atoms with van der Waals surface area (Å²) >= 11 is 0. The highest BCUT2D eigenvalue weighted by atomic mass is 16.7. The van der Waals surface area contributed by atoms with Gasteiger partial charge in [-0.05, 0) is 47.5 Å². The molecule has 0 saturated carbocycles. The molecule has 0 aromatic heterocycles. The number of amides is 1. The molecule has 1 aliphatic rings. The van der Waals surface area contributed by atoms with E-state index in [1.807, 2.05) is 36.4 Å². The molecule has 132 valence electrons. The van der Waals surface area contributed by atoms with Gasteiger partial charge in [0, 0.05) is 5.56 Å². The minimum atomic E-state index is -1.23.